The van der Waals surface area contributed by atoms with Gasteiger partial charge in [0.25, 0.3) is 0 Å². The maximum atomic E-state index is 12.1. The second-order valence-electron chi connectivity index (χ2n) is 3.75. The Balaban J connectivity index is 2.29. The zero-order chi connectivity index (χ0) is 11.4. The maximum Gasteiger partial charge on any atom is 0.245 e. The Morgan fingerprint density at radius 3 is 3.12 bits per heavy atom. The molecule has 3 nitrogen and oxygen atoms in total. The average molecular weight is 217 g/mol. The first-order chi connectivity index (χ1) is 7.83. The fourth-order valence-electron chi connectivity index (χ4n) is 1.76. The minimum Gasteiger partial charge on any atom is -0.490 e. The first kappa shape index (κ1) is 10.9. The van der Waals surface area contributed by atoms with E-state index in [1.807, 2.05) is 25.1 Å². The molecule has 0 atom stereocenters. The van der Waals surface area contributed by atoms with E-state index in [0.717, 1.165) is 24.8 Å². The molecule has 0 unspecified atom stereocenters. The molecule has 0 bridgehead atoms. The van der Waals surface area contributed by atoms with Gasteiger partial charge in [0.2, 0.25) is 5.78 Å². The van der Waals surface area contributed by atoms with Crippen molar-refractivity contribution >= 4 is 5.78 Å². The minimum absolute atomic E-state index is 0.0860. The number of allylic oxidation sites excluding steroid dienone is 2. The molecule has 0 fully saturated rings. The number of ketones is 1. The lowest BCUT2D eigenvalue weighted by molar-refractivity contribution is 0.0893. The third kappa shape index (κ3) is 2.13. The number of pyridine rings is 1. The highest BCUT2D eigenvalue weighted by atomic mass is 16.5. The summed E-state index contributed by atoms with van der Waals surface area (Å²) in [5.74, 6) is 0.372. The number of Topliss-reactive ketones (excluding diaryl/α,β-unsaturated/α-hetero) is 1. The molecule has 84 valence electrons. The summed E-state index contributed by atoms with van der Waals surface area (Å²) in [7, 11) is 0. The van der Waals surface area contributed by atoms with Gasteiger partial charge in [-0.2, -0.15) is 0 Å². The van der Waals surface area contributed by atoms with Crippen molar-refractivity contribution in [1.82, 2.24) is 4.98 Å². The highest BCUT2D eigenvalue weighted by molar-refractivity contribution is 6.06. The quantitative estimate of drug-likeness (QED) is 0.730. The summed E-state index contributed by atoms with van der Waals surface area (Å²) in [5.41, 5.74) is 1.50. The van der Waals surface area contributed by atoms with Gasteiger partial charge in [-0.15, -0.1) is 0 Å². The number of ether oxygens (including phenoxy) is 1. The molecule has 0 saturated heterocycles. The predicted octanol–water partition coefficient (Wildman–Crippen LogP) is 2.52. The van der Waals surface area contributed by atoms with E-state index in [2.05, 4.69) is 4.98 Å². The Labute approximate surface area is 95.2 Å². The lowest BCUT2D eigenvalue weighted by atomic mass is 10.1. The number of nitrogens with zero attached hydrogens (tertiary/aromatic N) is 1. The van der Waals surface area contributed by atoms with Crippen molar-refractivity contribution in [3.05, 3.63) is 41.4 Å². The van der Waals surface area contributed by atoms with Crippen LogP contribution in [0.3, 0.4) is 0 Å². The van der Waals surface area contributed by atoms with Crippen LogP contribution in [0.25, 0.3) is 0 Å². The summed E-state index contributed by atoms with van der Waals surface area (Å²) < 4.78 is 5.37. The van der Waals surface area contributed by atoms with Crippen LogP contribution in [0.2, 0.25) is 0 Å². The number of carbonyl (C=O) groups excluding carboxylic acids is 1. The predicted molar refractivity (Wildman–Crippen MR) is 61.2 cm³/mol. The van der Waals surface area contributed by atoms with E-state index in [4.69, 9.17) is 4.74 Å². The second kappa shape index (κ2) is 4.92. The topological polar surface area (TPSA) is 39.2 Å². The summed E-state index contributed by atoms with van der Waals surface area (Å²) in [5, 5.41) is 0. The number of rotatable bonds is 3. The zero-order valence-electron chi connectivity index (χ0n) is 9.40. The molecule has 1 aliphatic heterocycles. The van der Waals surface area contributed by atoms with Gasteiger partial charge in [-0.05, 0) is 37.0 Å². The average Bonchev–Trinajstić information content (AvgIpc) is 2.39. The summed E-state index contributed by atoms with van der Waals surface area (Å²) in [6.45, 7) is 2.65. The summed E-state index contributed by atoms with van der Waals surface area (Å²) in [6.07, 6.45) is 6.22. The minimum atomic E-state index is -0.0860. The lowest BCUT2D eigenvalue weighted by Crippen LogP contribution is -2.14. The van der Waals surface area contributed by atoms with E-state index in [1.165, 1.54) is 0 Å². The Hall–Kier alpha value is -1.64. The Kier molecular flexibility index (Phi) is 3.34. The van der Waals surface area contributed by atoms with Gasteiger partial charge in [0.05, 0.1) is 6.61 Å². The van der Waals surface area contributed by atoms with Gasteiger partial charge < -0.3 is 4.74 Å². The van der Waals surface area contributed by atoms with Crippen LogP contribution in [0.5, 0.6) is 0 Å². The molecular weight excluding hydrogens is 202 g/mol. The molecule has 0 N–H and O–H groups in total. The van der Waals surface area contributed by atoms with Crippen LogP contribution in [-0.2, 0) is 11.2 Å². The van der Waals surface area contributed by atoms with E-state index in [9.17, 15) is 4.79 Å². The fourth-order valence-corrected chi connectivity index (χ4v) is 1.76. The van der Waals surface area contributed by atoms with Crippen molar-refractivity contribution < 1.29 is 9.53 Å². The molecule has 0 saturated carbocycles. The zero-order valence-corrected chi connectivity index (χ0v) is 9.40. The molecular formula is C13H15NO2. The van der Waals surface area contributed by atoms with Crippen molar-refractivity contribution in [2.45, 2.75) is 26.2 Å². The van der Waals surface area contributed by atoms with E-state index in [1.54, 1.807) is 6.20 Å². The van der Waals surface area contributed by atoms with Crippen LogP contribution >= 0.6 is 0 Å². The first-order valence-corrected chi connectivity index (χ1v) is 5.64. The van der Waals surface area contributed by atoms with Gasteiger partial charge in [-0.3, -0.25) is 9.78 Å². The van der Waals surface area contributed by atoms with Gasteiger partial charge >= 0.3 is 0 Å². The molecule has 1 aromatic rings. The Morgan fingerprint density at radius 2 is 2.44 bits per heavy atom. The van der Waals surface area contributed by atoms with Gasteiger partial charge in [-0.25, -0.2) is 0 Å². The normalized spacial score (nSPS) is 15.2. The Bertz CT molecular complexity index is 424. The molecule has 1 aromatic heterocycles. The number of hydrogen-bond acceptors (Lipinski definition) is 3. The fraction of sp³-hybridized carbons (Fsp3) is 0.385. The van der Waals surface area contributed by atoms with Crippen LogP contribution < -0.4 is 0 Å². The molecule has 0 radical (unpaired) electrons. The molecule has 0 aliphatic carbocycles. The van der Waals surface area contributed by atoms with E-state index >= 15 is 0 Å². The van der Waals surface area contributed by atoms with Crippen molar-refractivity contribution in [2.75, 3.05) is 6.61 Å². The smallest absolute Gasteiger partial charge is 0.245 e. The highest BCUT2D eigenvalue weighted by Crippen LogP contribution is 2.17. The highest BCUT2D eigenvalue weighted by Gasteiger charge is 2.19. The van der Waals surface area contributed by atoms with E-state index in [0.29, 0.717) is 18.1 Å². The van der Waals surface area contributed by atoms with Crippen LogP contribution in [0.1, 0.15) is 35.8 Å². The third-order valence-electron chi connectivity index (χ3n) is 2.65. The summed E-state index contributed by atoms with van der Waals surface area (Å²) >= 11 is 0. The van der Waals surface area contributed by atoms with Crippen LogP contribution in [-0.4, -0.2) is 17.4 Å². The summed E-state index contributed by atoms with van der Waals surface area (Å²) in [4.78, 5) is 16.3. The molecule has 0 aromatic carbocycles. The first-order valence-electron chi connectivity index (χ1n) is 5.64. The molecule has 3 heteroatoms. The standard InChI is InChI=1S/C13H15NO2/c1-2-10-6-5-8-14-12(10)13(15)11-7-3-4-9-16-11/h5-8H,2-4,9H2,1H3. The van der Waals surface area contributed by atoms with Gasteiger partial charge in [0.1, 0.15) is 5.69 Å². The number of aromatic nitrogens is 1. The number of aryl methyl sites for hydroxylation is 1. The van der Waals surface area contributed by atoms with Crippen LogP contribution in [0, 0.1) is 0 Å². The molecule has 0 spiro atoms. The van der Waals surface area contributed by atoms with Gasteiger partial charge in [0.15, 0.2) is 5.76 Å². The third-order valence-corrected chi connectivity index (χ3v) is 2.65. The van der Waals surface area contributed by atoms with Crippen molar-refractivity contribution in [1.29, 1.82) is 0 Å². The largest absolute Gasteiger partial charge is 0.490 e. The molecule has 1 aliphatic rings. The maximum absolute atomic E-state index is 12.1. The molecule has 2 heterocycles. The molecule has 0 amide bonds. The molecule has 16 heavy (non-hydrogen) atoms. The summed E-state index contributed by atoms with van der Waals surface area (Å²) in [6, 6.07) is 3.79. The SMILES string of the molecule is CCc1cccnc1C(=O)C1=CCCCO1. The van der Waals surface area contributed by atoms with Crippen LogP contribution in [0.15, 0.2) is 30.2 Å². The van der Waals surface area contributed by atoms with E-state index < -0.39 is 0 Å². The lowest BCUT2D eigenvalue weighted by Gasteiger charge is -2.14. The van der Waals surface area contributed by atoms with Crippen molar-refractivity contribution in [2.24, 2.45) is 0 Å². The van der Waals surface area contributed by atoms with E-state index in [-0.39, 0.29) is 5.78 Å². The van der Waals surface area contributed by atoms with Gasteiger partial charge in [0, 0.05) is 6.20 Å². The molecule has 2 rings (SSSR count). The van der Waals surface area contributed by atoms with Crippen LogP contribution in [0.4, 0.5) is 0 Å². The number of carbonyl (C=O) groups is 1. The Morgan fingerprint density at radius 1 is 1.56 bits per heavy atom. The van der Waals surface area contributed by atoms with Crippen molar-refractivity contribution in [3.63, 3.8) is 0 Å². The monoisotopic (exact) mass is 217 g/mol. The second-order valence-corrected chi connectivity index (χ2v) is 3.75. The number of hydrogen-bond donors (Lipinski definition) is 0. The van der Waals surface area contributed by atoms with Gasteiger partial charge in [-0.1, -0.05) is 13.0 Å². The van der Waals surface area contributed by atoms with Crippen molar-refractivity contribution in [3.8, 4) is 0 Å².